The average Bonchev–Trinajstić information content (AvgIpc) is 2.65. The molecule has 1 aromatic heterocycles. The van der Waals surface area contributed by atoms with Crippen molar-refractivity contribution in [3.8, 4) is 0 Å². The van der Waals surface area contributed by atoms with Crippen molar-refractivity contribution >= 4 is 5.91 Å². The molecule has 1 heterocycles. The van der Waals surface area contributed by atoms with Crippen molar-refractivity contribution in [3.05, 3.63) is 63.1 Å². The number of rotatable bonds is 5. The van der Waals surface area contributed by atoms with Gasteiger partial charge in [-0.2, -0.15) is 5.10 Å². The number of hydrogen-bond donors (Lipinski definition) is 1. The fraction of sp³-hybridized carbons (Fsp3) is 0.522. The maximum atomic E-state index is 12.6. The van der Waals surface area contributed by atoms with E-state index in [1.54, 1.807) is 10.7 Å². The largest absolute Gasteiger partial charge is 0.349 e. The molecule has 1 N–H and O–H groups in total. The zero-order chi connectivity index (χ0) is 19.7. The molecule has 148 valence electrons. The van der Waals surface area contributed by atoms with Gasteiger partial charge in [0.2, 0.25) is 0 Å². The molecule has 2 aliphatic rings. The number of amides is 1. The maximum Gasteiger partial charge on any atom is 0.267 e. The van der Waals surface area contributed by atoms with Gasteiger partial charge in [-0.25, -0.2) is 4.68 Å². The Morgan fingerprint density at radius 3 is 2.61 bits per heavy atom. The first-order valence-corrected chi connectivity index (χ1v) is 10.5. The molecule has 1 unspecified atom stereocenters. The highest BCUT2D eigenvalue weighted by Gasteiger charge is 2.24. The van der Waals surface area contributed by atoms with Gasteiger partial charge in [0.1, 0.15) is 0 Å². The molecule has 5 heteroatoms. The standard InChI is InChI=1S/C23H29N3O2/c1-15(2)17-6-8-18(9-7-17)23(28)24-20-10-11-21-19(12-20)13-22(27)26(25-21)14-16-4-3-5-16/h6-9,13,15-16,20H,3-5,10-12,14H2,1-2H3,(H,24,28). The van der Waals surface area contributed by atoms with E-state index in [0.717, 1.165) is 30.6 Å². The van der Waals surface area contributed by atoms with Gasteiger partial charge in [-0.1, -0.05) is 32.4 Å². The van der Waals surface area contributed by atoms with Crippen LogP contribution in [0.25, 0.3) is 0 Å². The van der Waals surface area contributed by atoms with Gasteiger partial charge in [-0.15, -0.1) is 0 Å². The Kier molecular flexibility index (Phi) is 5.33. The van der Waals surface area contributed by atoms with Gasteiger partial charge in [0.05, 0.1) is 5.69 Å². The van der Waals surface area contributed by atoms with Crippen molar-refractivity contribution in [2.45, 2.75) is 70.9 Å². The van der Waals surface area contributed by atoms with E-state index >= 15 is 0 Å². The van der Waals surface area contributed by atoms with E-state index in [9.17, 15) is 9.59 Å². The van der Waals surface area contributed by atoms with Gasteiger partial charge in [-0.3, -0.25) is 9.59 Å². The fourth-order valence-electron chi connectivity index (χ4n) is 4.09. The second kappa shape index (κ2) is 7.90. The van der Waals surface area contributed by atoms with Gasteiger partial charge < -0.3 is 5.32 Å². The number of aryl methyl sites for hydroxylation is 1. The number of nitrogens with one attached hydrogen (secondary N) is 1. The quantitative estimate of drug-likeness (QED) is 0.865. The third-order valence-corrected chi connectivity index (χ3v) is 6.19. The SMILES string of the molecule is CC(C)c1ccc(C(=O)NC2CCc3nn(CC4CCC4)c(=O)cc3C2)cc1. The lowest BCUT2D eigenvalue weighted by Crippen LogP contribution is -2.40. The van der Waals surface area contributed by atoms with Crippen LogP contribution in [0.15, 0.2) is 35.1 Å². The fourth-order valence-corrected chi connectivity index (χ4v) is 4.09. The molecule has 2 aromatic rings. The third-order valence-electron chi connectivity index (χ3n) is 6.19. The van der Waals surface area contributed by atoms with Crippen LogP contribution in [-0.2, 0) is 19.4 Å². The molecule has 0 saturated heterocycles. The van der Waals surface area contributed by atoms with Crippen LogP contribution in [0, 0.1) is 5.92 Å². The van der Waals surface area contributed by atoms with Crippen molar-refractivity contribution in [1.29, 1.82) is 0 Å². The molecule has 4 rings (SSSR count). The summed E-state index contributed by atoms with van der Waals surface area (Å²) >= 11 is 0. The lowest BCUT2D eigenvalue weighted by Gasteiger charge is -2.28. The molecule has 1 fully saturated rings. The summed E-state index contributed by atoms with van der Waals surface area (Å²) in [5.41, 5.74) is 3.91. The molecule has 0 spiro atoms. The summed E-state index contributed by atoms with van der Waals surface area (Å²) in [4.78, 5) is 25.0. The maximum absolute atomic E-state index is 12.6. The van der Waals surface area contributed by atoms with Crippen molar-refractivity contribution in [2.75, 3.05) is 0 Å². The minimum atomic E-state index is -0.0463. The summed E-state index contributed by atoms with van der Waals surface area (Å²) in [5, 5.41) is 7.76. The lowest BCUT2D eigenvalue weighted by molar-refractivity contribution is 0.0933. The van der Waals surface area contributed by atoms with Crippen molar-refractivity contribution in [3.63, 3.8) is 0 Å². The van der Waals surface area contributed by atoms with E-state index in [1.165, 1.54) is 24.8 Å². The summed E-state index contributed by atoms with van der Waals surface area (Å²) in [6, 6.07) is 9.60. The topological polar surface area (TPSA) is 64.0 Å². The molecule has 1 atom stereocenters. The molecule has 1 amide bonds. The molecule has 0 radical (unpaired) electrons. The molecule has 28 heavy (non-hydrogen) atoms. The zero-order valence-corrected chi connectivity index (χ0v) is 16.8. The first kappa shape index (κ1) is 18.9. The van der Waals surface area contributed by atoms with E-state index in [4.69, 9.17) is 0 Å². The van der Waals surface area contributed by atoms with Crippen LogP contribution in [0.5, 0.6) is 0 Å². The van der Waals surface area contributed by atoms with Crippen molar-refractivity contribution < 1.29 is 4.79 Å². The van der Waals surface area contributed by atoms with Crippen LogP contribution in [0.2, 0.25) is 0 Å². The van der Waals surface area contributed by atoms with Crippen LogP contribution < -0.4 is 10.9 Å². The second-order valence-electron chi connectivity index (χ2n) is 8.62. The number of nitrogens with zero attached hydrogens (tertiary/aromatic N) is 2. The van der Waals surface area contributed by atoms with Gasteiger partial charge in [0.25, 0.3) is 11.5 Å². The van der Waals surface area contributed by atoms with E-state index < -0.39 is 0 Å². The first-order valence-electron chi connectivity index (χ1n) is 10.5. The predicted molar refractivity (Wildman–Crippen MR) is 110 cm³/mol. The summed E-state index contributed by atoms with van der Waals surface area (Å²) in [6.07, 6.45) is 6.02. The van der Waals surface area contributed by atoms with Gasteiger partial charge >= 0.3 is 0 Å². The monoisotopic (exact) mass is 379 g/mol. The van der Waals surface area contributed by atoms with E-state index in [-0.39, 0.29) is 17.5 Å². The summed E-state index contributed by atoms with van der Waals surface area (Å²) < 4.78 is 1.65. The molecule has 2 aliphatic carbocycles. The number of aromatic nitrogens is 2. The number of carbonyl (C=O) groups is 1. The molecular weight excluding hydrogens is 350 g/mol. The number of fused-ring (bicyclic) bond motifs is 1. The van der Waals surface area contributed by atoms with Gasteiger partial charge in [-0.05, 0) is 67.2 Å². The second-order valence-corrected chi connectivity index (χ2v) is 8.62. The Morgan fingerprint density at radius 2 is 1.96 bits per heavy atom. The van der Waals surface area contributed by atoms with Crippen LogP contribution in [-0.4, -0.2) is 21.7 Å². The summed E-state index contributed by atoms with van der Waals surface area (Å²) in [7, 11) is 0. The smallest absolute Gasteiger partial charge is 0.267 e. The molecule has 0 bridgehead atoms. The van der Waals surface area contributed by atoms with Gasteiger partial charge in [0, 0.05) is 24.2 Å². The molecule has 1 saturated carbocycles. The van der Waals surface area contributed by atoms with E-state index in [0.29, 0.717) is 23.8 Å². The third kappa shape index (κ3) is 4.03. The first-order chi connectivity index (χ1) is 13.5. The van der Waals surface area contributed by atoms with Crippen molar-refractivity contribution in [2.24, 2.45) is 5.92 Å². The lowest BCUT2D eigenvalue weighted by atomic mass is 9.85. The minimum Gasteiger partial charge on any atom is -0.349 e. The Morgan fingerprint density at radius 1 is 1.21 bits per heavy atom. The van der Waals surface area contributed by atoms with E-state index in [1.807, 2.05) is 24.3 Å². The molecule has 0 aliphatic heterocycles. The molecule has 1 aromatic carbocycles. The number of hydrogen-bond acceptors (Lipinski definition) is 3. The number of benzene rings is 1. The Labute approximate surface area is 166 Å². The van der Waals surface area contributed by atoms with Crippen LogP contribution in [0.1, 0.15) is 72.6 Å². The zero-order valence-electron chi connectivity index (χ0n) is 16.8. The highest BCUT2D eigenvalue weighted by atomic mass is 16.1. The number of carbonyl (C=O) groups excluding carboxylic acids is 1. The van der Waals surface area contributed by atoms with Crippen LogP contribution >= 0.6 is 0 Å². The molecular formula is C23H29N3O2. The highest BCUT2D eigenvalue weighted by Crippen LogP contribution is 2.27. The Balaban J connectivity index is 1.41. The van der Waals surface area contributed by atoms with E-state index in [2.05, 4.69) is 24.3 Å². The minimum absolute atomic E-state index is 0.0121. The van der Waals surface area contributed by atoms with Crippen molar-refractivity contribution in [1.82, 2.24) is 15.1 Å². The van der Waals surface area contributed by atoms with Gasteiger partial charge in [0.15, 0.2) is 0 Å². The Bertz CT molecular complexity index is 910. The van der Waals surface area contributed by atoms with Crippen LogP contribution in [0.4, 0.5) is 0 Å². The average molecular weight is 380 g/mol. The summed E-state index contributed by atoms with van der Waals surface area (Å²) in [6.45, 7) is 5.03. The Hall–Kier alpha value is -2.43. The summed E-state index contributed by atoms with van der Waals surface area (Å²) in [5.74, 6) is 1.02. The highest BCUT2D eigenvalue weighted by molar-refractivity contribution is 5.94. The normalized spacial score (nSPS) is 19.2. The van der Waals surface area contributed by atoms with Crippen LogP contribution in [0.3, 0.4) is 0 Å². The molecule has 5 nitrogen and oxygen atoms in total. The predicted octanol–water partition coefficient (Wildman–Crippen LogP) is 3.45.